The number of hydrogen-bond donors (Lipinski definition) is 0. The molecule has 3 nitrogen and oxygen atoms in total. The molecule has 0 atom stereocenters. The van der Waals surface area contributed by atoms with Crippen molar-refractivity contribution in [3.8, 4) is 11.5 Å². The minimum absolute atomic E-state index is 0.494. The molecule has 5 heteroatoms. The number of halogens is 1. The second-order valence-electron chi connectivity index (χ2n) is 4.33. The first-order valence-electron chi connectivity index (χ1n) is 6.50. The number of nitrogens with zero attached hydrogens (tertiary/aromatic N) is 3. The van der Waals surface area contributed by atoms with E-state index < -0.39 is 0 Å². The van der Waals surface area contributed by atoms with E-state index in [4.69, 9.17) is 11.6 Å². The topological polar surface area (TPSA) is 38.7 Å². The molecule has 0 saturated heterocycles. The average Bonchev–Trinajstić information content (AvgIpc) is 2.82. The van der Waals surface area contributed by atoms with Gasteiger partial charge in [-0.2, -0.15) is 0 Å². The Balaban J connectivity index is 0.000000452. The van der Waals surface area contributed by atoms with Gasteiger partial charge < -0.3 is 0 Å². The van der Waals surface area contributed by atoms with Gasteiger partial charge in [0, 0.05) is 11.1 Å². The maximum atomic E-state index is 6.16. The first-order chi connectivity index (χ1) is 9.65. The number of aromatic nitrogens is 3. The molecule has 0 fully saturated rings. The molecule has 0 amide bonds. The highest BCUT2D eigenvalue weighted by atomic mass is 35.5. The maximum Gasteiger partial charge on any atom is 0.180 e. The molecule has 0 N–H and O–H groups in total. The van der Waals surface area contributed by atoms with Gasteiger partial charge in [0.25, 0.3) is 0 Å². The van der Waals surface area contributed by atoms with Gasteiger partial charge in [-0.15, -0.1) is 11.3 Å². The van der Waals surface area contributed by atoms with Crippen LogP contribution in [-0.2, 0) is 0 Å². The summed E-state index contributed by atoms with van der Waals surface area (Å²) in [5.41, 5.74) is 1.62. The highest BCUT2D eigenvalue weighted by Crippen LogP contribution is 2.30. The Labute approximate surface area is 127 Å². The molecule has 0 unspecified atom stereocenters. The summed E-state index contributed by atoms with van der Waals surface area (Å²) in [6, 6.07) is 7.65. The lowest BCUT2D eigenvalue weighted by Gasteiger charge is -2.00. The van der Waals surface area contributed by atoms with Crippen LogP contribution in [0.2, 0.25) is 5.15 Å². The summed E-state index contributed by atoms with van der Waals surface area (Å²) in [6.07, 6.45) is 2.97. The fraction of sp³-hybridized carbons (Fsp3) is 0.267. The van der Waals surface area contributed by atoms with Crippen LogP contribution in [0, 0.1) is 6.92 Å². The highest BCUT2D eigenvalue weighted by Gasteiger charge is 2.10. The van der Waals surface area contributed by atoms with Crippen molar-refractivity contribution in [2.24, 2.45) is 0 Å². The van der Waals surface area contributed by atoms with Gasteiger partial charge in [0.15, 0.2) is 11.0 Å². The van der Waals surface area contributed by atoms with E-state index in [1.54, 1.807) is 17.5 Å². The molecule has 20 heavy (non-hydrogen) atoms. The van der Waals surface area contributed by atoms with Crippen LogP contribution in [0.5, 0.6) is 0 Å². The summed E-state index contributed by atoms with van der Waals surface area (Å²) in [5, 5.41) is 0.494. The van der Waals surface area contributed by atoms with Gasteiger partial charge in [0.2, 0.25) is 0 Å². The largest absolute Gasteiger partial charge is 0.253 e. The van der Waals surface area contributed by atoms with E-state index in [-0.39, 0.29) is 0 Å². The molecule has 0 radical (unpaired) electrons. The number of hydrogen-bond acceptors (Lipinski definition) is 4. The van der Waals surface area contributed by atoms with E-state index in [0.717, 1.165) is 15.9 Å². The first-order valence-corrected chi connectivity index (χ1v) is 7.70. The van der Waals surface area contributed by atoms with E-state index >= 15 is 0 Å². The summed E-state index contributed by atoms with van der Waals surface area (Å²) in [5.74, 6) is 0.570. The summed E-state index contributed by atoms with van der Waals surface area (Å²) < 4.78 is 0.934. The minimum atomic E-state index is 0.494. The van der Waals surface area contributed by atoms with Crippen LogP contribution in [0.4, 0.5) is 0 Å². The van der Waals surface area contributed by atoms with Gasteiger partial charge in [-0.3, -0.25) is 4.98 Å². The molecular weight excluding hydrogens is 290 g/mol. The first kappa shape index (κ1) is 14.9. The third kappa shape index (κ3) is 3.32. The third-order valence-corrected chi connectivity index (χ3v) is 3.78. The monoisotopic (exact) mass is 305 g/mol. The SMILES string of the molecule is CCC.Cc1cc2nc(-c3ccccn3)nc(Cl)c2s1. The van der Waals surface area contributed by atoms with Crippen LogP contribution in [-0.4, -0.2) is 15.0 Å². The quantitative estimate of drug-likeness (QED) is 0.585. The summed E-state index contributed by atoms with van der Waals surface area (Å²) >= 11 is 7.76. The number of thiophene rings is 1. The van der Waals surface area contributed by atoms with Crippen molar-refractivity contribution < 1.29 is 0 Å². The summed E-state index contributed by atoms with van der Waals surface area (Å²) in [6.45, 7) is 6.28. The number of aryl methyl sites for hydroxylation is 1. The molecule has 3 heterocycles. The molecule has 0 bridgehead atoms. The Hall–Kier alpha value is -1.52. The summed E-state index contributed by atoms with van der Waals surface area (Å²) in [4.78, 5) is 14.2. The van der Waals surface area contributed by atoms with Crippen molar-refractivity contribution in [3.63, 3.8) is 0 Å². The Morgan fingerprint density at radius 2 is 1.95 bits per heavy atom. The molecule has 0 spiro atoms. The van der Waals surface area contributed by atoms with E-state index in [1.807, 2.05) is 31.2 Å². The molecule has 104 valence electrons. The van der Waals surface area contributed by atoms with E-state index in [2.05, 4.69) is 28.8 Å². The second kappa shape index (κ2) is 6.77. The van der Waals surface area contributed by atoms with Crippen molar-refractivity contribution >= 4 is 33.2 Å². The Kier molecular flexibility index (Phi) is 5.04. The maximum absolute atomic E-state index is 6.16. The zero-order valence-corrected chi connectivity index (χ0v) is 13.3. The van der Waals surface area contributed by atoms with Crippen LogP contribution in [0.15, 0.2) is 30.5 Å². The number of fused-ring (bicyclic) bond motifs is 1. The lowest BCUT2D eigenvalue weighted by molar-refractivity contribution is 1.09. The fourth-order valence-electron chi connectivity index (χ4n) is 1.62. The van der Waals surface area contributed by atoms with Gasteiger partial charge in [0.05, 0.1) is 10.2 Å². The van der Waals surface area contributed by atoms with Crippen molar-refractivity contribution in [1.29, 1.82) is 0 Å². The lowest BCUT2D eigenvalue weighted by Crippen LogP contribution is -1.91. The normalized spacial score (nSPS) is 10.2. The van der Waals surface area contributed by atoms with E-state index in [9.17, 15) is 0 Å². The van der Waals surface area contributed by atoms with Crippen molar-refractivity contribution in [3.05, 3.63) is 40.5 Å². The van der Waals surface area contributed by atoms with Gasteiger partial charge in [-0.1, -0.05) is 37.9 Å². The van der Waals surface area contributed by atoms with Gasteiger partial charge in [-0.25, -0.2) is 9.97 Å². The van der Waals surface area contributed by atoms with Crippen LogP contribution < -0.4 is 0 Å². The Morgan fingerprint density at radius 3 is 2.60 bits per heavy atom. The zero-order valence-electron chi connectivity index (χ0n) is 11.7. The van der Waals surface area contributed by atoms with Crippen LogP contribution >= 0.6 is 22.9 Å². The van der Waals surface area contributed by atoms with Crippen molar-refractivity contribution in [2.75, 3.05) is 0 Å². The third-order valence-electron chi connectivity index (χ3n) is 2.35. The zero-order chi connectivity index (χ0) is 14.5. The van der Waals surface area contributed by atoms with Crippen molar-refractivity contribution in [2.45, 2.75) is 27.2 Å². The van der Waals surface area contributed by atoms with E-state index in [0.29, 0.717) is 11.0 Å². The Bertz CT molecular complexity index is 695. The highest BCUT2D eigenvalue weighted by molar-refractivity contribution is 7.19. The molecular formula is C15H16ClN3S. The van der Waals surface area contributed by atoms with Crippen molar-refractivity contribution in [1.82, 2.24) is 15.0 Å². The molecule has 3 aromatic heterocycles. The smallest absolute Gasteiger partial charge is 0.180 e. The Morgan fingerprint density at radius 1 is 1.20 bits per heavy atom. The minimum Gasteiger partial charge on any atom is -0.253 e. The van der Waals surface area contributed by atoms with Gasteiger partial charge in [0.1, 0.15) is 5.69 Å². The van der Waals surface area contributed by atoms with Crippen LogP contribution in [0.1, 0.15) is 25.1 Å². The molecule has 0 aliphatic rings. The van der Waals surface area contributed by atoms with Crippen LogP contribution in [0.25, 0.3) is 21.7 Å². The summed E-state index contributed by atoms with van der Waals surface area (Å²) in [7, 11) is 0. The standard InChI is InChI=1S/C12H8ClN3S.C3H8/c1-7-6-9-10(17-7)11(13)16-12(15-9)8-4-2-3-5-14-8;1-3-2/h2-6H,1H3;3H2,1-2H3. The fourth-order valence-corrected chi connectivity index (χ4v) is 2.75. The predicted octanol–water partition coefficient (Wildman–Crippen LogP) is 5.13. The number of rotatable bonds is 1. The number of pyridine rings is 1. The lowest BCUT2D eigenvalue weighted by atomic mass is 10.3. The van der Waals surface area contributed by atoms with Gasteiger partial charge >= 0.3 is 0 Å². The molecule has 0 aromatic carbocycles. The average molecular weight is 306 g/mol. The predicted molar refractivity (Wildman–Crippen MR) is 86.4 cm³/mol. The van der Waals surface area contributed by atoms with Gasteiger partial charge in [-0.05, 0) is 25.1 Å². The molecule has 0 aliphatic carbocycles. The molecule has 3 rings (SSSR count). The molecule has 0 aliphatic heterocycles. The second-order valence-corrected chi connectivity index (χ2v) is 5.95. The van der Waals surface area contributed by atoms with Crippen LogP contribution in [0.3, 0.4) is 0 Å². The van der Waals surface area contributed by atoms with E-state index in [1.165, 1.54) is 11.3 Å². The molecule has 0 saturated carbocycles. The molecule has 3 aromatic rings.